The first-order chi connectivity index (χ1) is 14.2. The first-order valence-electron chi connectivity index (χ1n) is 9.29. The molecule has 0 radical (unpaired) electrons. The van der Waals surface area contributed by atoms with Gasteiger partial charge in [-0.3, -0.25) is 9.69 Å². The average molecular weight is 412 g/mol. The van der Waals surface area contributed by atoms with E-state index in [-0.39, 0.29) is 24.6 Å². The Morgan fingerprint density at radius 3 is 2.53 bits per heavy atom. The monoisotopic (exact) mass is 412 g/mol. The molecule has 1 aliphatic heterocycles. The molecule has 1 saturated heterocycles. The number of carboxylic acids is 1. The summed E-state index contributed by atoms with van der Waals surface area (Å²) in [6.07, 6.45) is 0.434. The number of cyclic esters (lactones) is 1. The Morgan fingerprint density at radius 2 is 1.93 bits per heavy atom. The fourth-order valence-electron chi connectivity index (χ4n) is 3.07. The molecule has 0 aromatic heterocycles. The summed E-state index contributed by atoms with van der Waals surface area (Å²) in [6, 6.07) is 11.3. The SMILES string of the molecule is CC(=O)NC[C@H]1CN(c2ccc(-c3ccc(/C=C(\C)C(=O)O)cc3)c(F)c2)C(=O)O1. The quantitative estimate of drug-likeness (QED) is 0.709. The van der Waals surface area contributed by atoms with Crippen LogP contribution in [-0.4, -0.2) is 42.3 Å². The summed E-state index contributed by atoms with van der Waals surface area (Å²) in [5.74, 6) is -1.73. The van der Waals surface area contributed by atoms with E-state index in [0.717, 1.165) is 0 Å². The third-order valence-corrected chi connectivity index (χ3v) is 4.66. The van der Waals surface area contributed by atoms with Gasteiger partial charge >= 0.3 is 12.1 Å². The summed E-state index contributed by atoms with van der Waals surface area (Å²) in [7, 11) is 0. The molecule has 2 amide bonds. The van der Waals surface area contributed by atoms with Crippen molar-refractivity contribution in [2.45, 2.75) is 20.0 Å². The number of nitrogens with one attached hydrogen (secondary N) is 1. The number of nitrogens with zero attached hydrogens (tertiary/aromatic N) is 1. The van der Waals surface area contributed by atoms with Crippen molar-refractivity contribution in [3.63, 3.8) is 0 Å². The van der Waals surface area contributed by atoms with E-state index in [1.807, 2.05) is 0 Å². The molecule has 2 aromatic rings. The third-order valence-electron chi connectivity index (χ3n) is 4.66. The lowest BCUT2D eigenvalue weighted by molar-refractivity contribution is -0.132. The number of amides is 2. The van der Waals surface area contributed by atoms with Gasteiger partial charge in [0.25, 0.3) is 0 Å². The molecule has 30 heavy (non-hydrogen) atoms. The van der Waals surface area contributed by atoms with Gasteiger partial charge in [0.15, 0.2) is 0 Å². The standard InChI is InChI=1S/C22H21FN2O5/c1-13(21(27)28)9-15-3-5-16(6-4-15)19-8-7-17(10-20(19)23)25-12-18(30-22(25)29)11-24-14(2)26/h3-10,18H,11-12H2,1-2H3,(H,24,26)(H,27,28)/b13-9+/t18-/m0/s1. The van der Waals surface area contributed by atoms with Crippen molar-refractivity contribution >= 4 is 29.7 Å². The van der Waals surface area contributed by atoms with E-state index in [9.17, 15) is 18.8 Å². The summed E-state index contributed by atoms with van der Waals surface area (Å²) < 4.78 is 20.0. The summed E-state index contributed by atoms with van der Waals surface area (Å²) in [6.45, 7) is 3.28. The van der Waals surface area contributed by atoms with Crippen LogP contribution in [0.15, 0.2) is 48.0 Å². The molecule has 1 aliphatic rings. The third kappa shape index (κ3) is 4.83. The highest BCUT2D eigenvalue weighted by Gasteiger charge is 2.32. The number of anilines is 1. The number of halogens is 1. The minimum absolute atomic E-state index is 0.195. The van der Waals surface area contributed by atoms with Gasteiger partial charge in [-0.05, 0) is 42.3 Å². The van der Waals surface area contributed by atoms with Crippen molar-refractivity contribution in [2.75, 3.05) is 18.0 Å². The van der Waals surface area contributed by atoms with E-state index >= 15 is 0 Å². The molecule has 2 aromatic carbocycles. The Morgan fingerprint density at radius 1 is 1.23 bits per heavy atom. The molecular formula is C22H21FN2O5. The molecule has 2 N–H and O–H groups in total. The van der Waals surface area contributed by atoms with Gasteiger partial charge in [-0.1, -0.05) is 24.3 Å². The van der Waals surface area contributed by atoms with E-state index in [1.165, 1.54) is 30.9 Å². The van der Waals surface area contributed by atoms with Crippen LogP contribution >= 0.6 is 0 Å². The minimum Gasteiger partial charge on any atom is -0.478 e. The van der Waals surface area contributed by atoms with Crippen LogP contribution in [0.1, 0.15) is 19.4 Å². The van der Waals surface area contributed by atoms with Crippen molar-refractivity contribution in [1.82, 2.24) is 5.32 Å². The molecule has 0 saturated carbocycles. The Balaban J connectivity index is 1.76. The fraction of sp³-hybridized carbons (Fsp3) is 0.227. The molecule has 1 atom stereocenters. The highest BCUT2D eigenvalue weighted by molar-refractivity contribution is 5.92. The smallest absolute Gasteiger partial charge is 0.414 e. The number of ether oxygens (including phenoxy) is 1. The van der Waals surface area contributed by atoms with Gasteiger partial charge in [0.05, 0.1) is 18.8 Å². The zero-order chi connectivity index (χ0) is 21.8. The Hall–Kier alpha value is -3.68. The zero-order valence-electron chi connectivity index (χ0n) is 16.5. The second-order valence-electron chi connectivity index (χ2n) is 6.97. The maximum absolute atomic E-state index is 14.8. The molecule has 1 fully saturated rings. The highest BCUT2D eigenvalue weighted by atomic mass is 19.1. The molecule has 8 heteroatoms. The number of hydrogen-bond acceptors (Lipinski definition) is 4. The second kappa shape index (κ2) is 8.77. The van der Waals surface area contributed by atoms with Gasteiger partial charge in [-0.15, -0.1) is 0 Å². The summed E-state index contributed by atoms with van der Waals surface area (Å²) in [5, 5.41) is 11.5. The van der Waals surface area contributed by atoms with Crippen molar-refractivity contribution in [3.8, 4) is 11.1 Å². The van der Waals surface area contributed by atoms with Crippen LogP contribution in [0.4, 0.5) is 14.9 Å². The molecule has 7 nitrogen and oxygen atoms in total. The van der Waals surface area contributed by atoms with Crippen LogP contribution in [-0.2, 0) is 14.3 Å². The number of benzene rings is 2. The lowest BCUT2D eigenvalue weighted by atomic mass is 10.0. The number of carboxylic acid groups (broad SMARTS) is 1. The number of carbonyl (C=O) groups excluding carboxylic acids is 2. The van der Waals surface area contributed by atoms with E-state index in [2.05, 4.69) is 5.32 Å². The second-order valence-corrected chi connectivity index (χ2v) is 6.97. The normalized spacial score (nSPS) is 16.4. The van der Waals surface area contributed by atoms with E-state index in [0.29, 0.717) is 22.4 Å². The van der Waals surface area contributed by atoms with Crippen molar-refractivity contribution in [2.24, 2.45) is 0 Å². The van der Waals surface area contributed by atoms with Crippen molar-refractivity contribution < 1.29 is 28.6 Å². The van der Waals surface area contributed by atoms with Crippen LogP contribution in [0.2, 0.25) is 0 Å². The molecule has 0 spiro atoms. The summed E-state index contributed by atoms with van der Waals surface area (Å²) >= 11 is 0. The largest absolute Gasteiger partial charge is 0.478 e. The molecule has 0 unspecified atom stereocenters. The number of aliphatic carboxylic acids is 1. The van der Waals surface area contributed by atoms with Gasteiger partial charge < -0.3 is 15.2 Å². The molecule has 0 aliphatic carbocycles. The number of hydrogen-bond donors (Lipinski definition) is 2. The maximum atomic E-state index is 14.8. The topological polar surface area (TPSA) is 95.9 Å². The van der Waals surface area contributed by atoms with Gasteiger partial charge in [0.1, 0.15) is 11.9 Å². The van der Waals surface area contributed by atoms with E-state index in [1.54, 1.807) is 36.4 Å². The molecule has 3 rings (SSSR count). The highest BCUT2D eigenvalue weighted by Crippen LogP contribution is 2.29. The zero-order valence-corrected chi connectivity index (χ0v) is 16.5. The maximum Gasteiger partial charge on any atom is 0.414 e. The Labute approximate surface area is 172 Å². The predicted octanol–water partition coefficient (Wildman–Crippen LogP) is 3.44. The van der Waals surface area contributed by atoms with Crippen LogP contribution in [0, 0.1) is 5.82 Å². The summed E-state index contributed by atoms with van der Waals surface area (Å²) in [5.41, 5.74) is 2.24. The average Bonchev–Trinajstić information content (AvgIpc) is 3.07. The van der Waals surface area contributed by atoms with Crippen LogP contribution < -0.4 is 10.2 Å². The van der Waals surface area contributed by atoms with Crippen LogP contribution in [0.3, 0.4) is 0 Å². The lowest BCUT2D eigenvalue weighted by Crippen LogP contribution is -2.33. The van der Waals surface area contributed by atoms with Crippen LogP contribution in [0.25, 0.3) is 17.2 Å². The van der Waals surface area contributed by atoms with Gasteiger partial charge in [-0.25, -0.2) is 14.0 Å². The van der Waals surface area contributed by atoms with E-state index in [4.69, 9.17) is 9.84 Å². The Bertz CT molecular complexity index is 1020. The predicted molar refractivity (Wildman–Crippen MR) is 109 cm³/mol. The fourth-order valence-corrected chi connectivity index (χ4v) is 3.07. The van der Waals surface area contributed by atoms with Crippen molar-refractivity contribution in [3.05, 3.63) is 59.4 Å². The molecule has 156 valence electrons. The first-order valence-corrected chi connectivity index (χ1v) is 9.29. The minimum atomic E-state index is -1.000. The van der Waals surface area contributed by atoms with Crippen LogP contribution in [0.5, 0.6) is 0 Å². The molecule has 0 bridgehead atoms. The van der Waals surface area contributed by atoms with Gasteiger partial charge in [0, 0.05) is 18.1 Å². The van der Waals surface area contributed by atoms with E-state index < -0.39 is 24.0 Å². The Kier molecular flexibility index (Phi) is 6.15. The van der Waals surface area contributed by atoms with Gasteiger partial charge in [-0.2, -0.15) is 0 Å². The molecule has 1 heterocycles. The lowest BCUT2D eigenvalue weighted by Gasteiger charge is -2.14. The summed E-state index contributed by atoms with van der Waals surface area (Å²) in [4.78, 5) is 35.3. The number of rotatable bonds is 6. The number of carbonyl (C=O) groups is 3. The molecular weight excluding hydrogens is 391 g/mol. The van der Waals surface area contributed by atoms with Gasteiger partial charge in [0.2, 0.25) is 5.91 Å². The van der Waals surface area contributed by atoms with Crippen molar-refractivity contribution in [1.29, 1.82) is 0 Å². The first kappa shape index (κ1) is 21.0.